The summed E-state index contributed by atoms with van der Waals surface area (Å²) in [6.45, 7) is 0. The molecule has 2 heteroatoms. The summed E-state index contributed by atoms with van der Waals surface area (Å²) in [6.07, 6.45) is 0. The summed E-state index contributed by atoms with van der Waals surface area (Å²) in [7, 11) is 0. The highest BCUT2D eigenvalue weighted by atomic mass is 16.3. The van der Waals surface area contributed by atoms with Gasteiger partial charge in [-0.25, -0.2) is 0 Å². The van der Waals surface area contributed by atoms with E-state index in [-0.39, 0.29) is 46.7 Å². The van der Waals surface area contributed by atoms with E-state index < -0.39 is 24.2 Å². The molecule has 0 N–H and O–H groups in total. The van der Waals surface area contributed by atoms with Gasteiger partial charge in [0, 0.05) is 33.1 Å². The monoisotopic (exact) mass is 797 g/mol. The molecule has 0 aliphatic heterocycles. The first-order chi connectivity index (χ1) is 34.1. The van der Waals surface area contributed by atoms with E-state index in [1.54, 1.807) is 24.3 Å². The largest absolute Gasteiger partial charge is 0.455 e. The fourth-order valence-electron chi connectivity index (χ4n) is 8.81. The fraction of sp³-hybridized carbons (Fsp3) is 0. The average molecular weight is 798 g/mol. The highest BCUT2D eigenvalue weighted by Gasteiger charge is 2.20. The van der Waals surface area contributed by atoms with Gasteiger partial charge in [-0.2, -0.15) is 0 Å². The van der Waals surface area contributed by atoms with Crippen molar-refractivity contribution in [3.8, 4) is 44.5 Å². The number of nitrogens with zero attached hydrogens (tertiary/aromatic N) is 1. The van der Waals surface area contributed by atoms with E-state index in [2.05, 4.69) is 0 Å². The van der Waals surface area contributed by atoms with Gasteiger partial charge in [-0.05, 0) is 120 Å². The van der Waals surface area contributed by atoms with Crippen LogP contribution in [0.5, 0.6) is 0 Å². The molecule has 2 nitrogen and oxygen atoms in total. The van der Waals surface area contributed by atoms with E-state index in [9.17, 15) is 11.0 Å². The molecule has 0 radical (unpaired) electrons. The first-order valence-electron chi connectivity index (χ1n) is 24.6. The Labute approximate surface area is 371 Å². The third-order valence-corrected chi connectivity index (χ3v) is 11.8. The molecular weight excluding hydrogens is 751 g/mol. The maximum atomic E-state index is 9.87. The van der Waals surface area contributed by atoms with Gasteiger partial charge in [0.05, 0.1) is 16.7 Å². The van der Waals surface area contributed by atoms with Gasteiger partial charge in [-0.1, -0.05) is 182 Å². The van der Waals surface area contributed by atoms with Crippen LogP contribution in [0.3, 0.4) is 0 Å². The van der Waals surface area contributed by atoms with Crippen molar-refractivity contribution in [1.29, 1.82) is 0 Å². The molecule has 0 aliphatic rings. The first kappa shape index (κ1) is 28.3. The third-order valence-electron chi connectivity index (χ3n) is 11.8. The van der Waals surface area contributed by atoms with Crippen LogP contribution in [0.15, 0.2) is 241 Å². The van der Waals surface area contributed by atoms with E-state index in [1.807, 2.05) is 164 Å². The lowest BCUT2D eigenvalue weighted by molar-refractivity contribution is 0.672. The molecule has 12 rings (SSSR count). The molecule has 1 heterocycles. The first-order valence-corrected chi connectivity index (χ1v) is 20.6. The van der Waals surface area contributed by atoms with Gasteiger partial charge in [0.25, 0.3) is 0 Å². The molecule has 0 fully saturated rings. The van der Waals surface area contributed by atoms with Crippen LogP contribution >= 0.6 is 0 Å². The highest BCUT2D eigenvalue weighted by molar-refractivity contribution is 6.18. The summed E-state index contributed by atoms with van der Waals surface area (Å²) in [5, 5.41) is 7.54. The molecule has 0 unspecified atom stereocenters. The van der Waals surface area contributed by atoms with Crippen molar-refractivity contribution < 1.29 is 15.4 Å². The Bertz CT molecular complexity index is 4080. The minimum atomic E-state index is -0.418. The zero-order valence-corrected chi connectivity index (χ0v) is 33.3. The fourth-order valence-corrected chi connectivity index (χ4v) is 8.81. The molecule has 290 valence electrons. The van der Waals surface area contributed by atoms with Crippen LogP contribution in [0.2, 0.25) is 0 Å². The molecule has 0 saturated heterocycles. The Balaban J connectivity index is 1.11. The van der Waals surface area contributed by atoms with Crippen LogP contribution < -0.4 is 4.90 Å². The summed E-state index contributed by atoms with van der Waals surface area (Å²) in [4.78, 5) is 1.40. The Kier molecular flexibility index (Phi) is 6.76. The summed E-state index contributed by atoms with van der Waals surface area (Å²) in [5.41, 5.74) is 5.63. The maximum absolute atomic E-state index is 9.87. The van der Waals surface area contributed by atoms with E-state index >= 15 is 0 Å². The van der Waals surface area contributed by atoms with Crippen molar-refractivity contribution in [1.82, 2.24) is 0 Å². The average Bonchev–Trinajstić information content (AvgIpc) is 3.79. The second-order valence-corrected chi connectivity index (χ2v) is 15.4. The van der Waals surface area contributed by atoms with Crippen molar-refractivity contribution in [3.05, 3.63) is 236 Å². The Morgan fingerprint density at radius 2 is 0.871 bits per heavy atom. The van der Waals surface area contributed by atoms with Gasteiger partial charge in [0.15, 0.2) is 0 Å². The van der Waals surface area contributed by atoms with Crippen LogP contribution in [0.25, 0.3) is 98.8 Å². The summed E-state index contributed by atoms with van der Waals surface area (Å²) >= 11 is 0. The predicted octanol–water partition coefficient (Wildman–Crippen LogP) is 17.2. The predicted molar refractivity (Wildman–Crippen MR) is 263 cm³/mol. The van der Waals surface area contributed by atoms with E-state index in [1.165, 1.54) is 4.90 Å². The Morgan fingerprint density at radius 1 is 0.323 bits per heavy atom. The smallest absolute Gasteiger partial charge is 0.143 e. The molecule has 0 spiro atoms. The van der Waals surface area contributed by atoms with Crippen molar-refractivity contribution >= 4 is 71.3 Å². The topological polar surface area (TPSA) is 16.4 Å². The number of rotatable bonds is 7. The molecule has 0 aliphatic carbocycles. The number of fused-ring (bicyclic) bond motifs is 7. The van der Waals surface area contributed by atoms with Crippen LogP contribution in [0, 0.1) is 0 Å². The Morgan fingerprint density at radius 3 is 1.69 bits per heavy atom. The van der Waals surface area contributed by atoms with Gasteiger partial charge in [-0.15, -0.1) is 0 Å². The van der Waals surface area contributed by atoms with Gasteiger partial charge >= 0.3 is 0 Å². The number of para-hydroxylation sites is 2. The van der Waals surface area contributed by atoms with Crippen LogP contribution in [-0.4, -0.2) is 0 Å². The van der Waals surface area contributed by atoms with Gasteiger partial charge < -0.3 is 9.32 Å². The number of furan rings is 1. The molecule has 0 amide bonds. The molecular formula is C60H39NO. The zero-order chi connectivity index (χ0) is 47.9. The minimum Gasteiger partial charge on any atom is -0.455 e. The number of hydrogen-bond donors (Lipinski definition) is 0. The quantitative estimate of drug-likeness (QED) is 0.160. The normalized spacial score (nSPS) is 13.4. The molecule has 11 aromatic carbocycles. The van der Waals surface area contributed by atoms with Crippen LogP contribution in [0.1, 0.15) is 11.0 Å². The lowest BCUT2D eigenvalue weighted by Gasteiger charge is -2.28. The maximum Gasteiger partial charge on any atom is 0.143 e. The Hall–Kier alpha value is -8.20. The molecule has 0 atom stereocenters. The van der Waals surface area contributed by atoms with E-state index in [0.717, 1.165) is 65.4 Å². The zero-order valence-electron chi connectivity index (χ0n) is 41.3. The van der Waals surface area contributed by atoms with Crippen molar-refractivity contribution in [2.75, 3.05) is 4.90 Å². The van der Waals surface area contributed by atoms with E-state index in [0.29, 0.717) is 28.0 Å². The van der Waals surface area contributed by atoms with Gasteiger partial charge in [0.2, 0.25) is 0 Å². The third kappa shape index (κ3) is 6.12. The standard InChI is InChI=1S/C60H39NO/c1-2-14-44-38-46(27-26-40(44)12-1)42-30-34-49(35-31-42)61(48-32-28-41(29-33-48)45-16-9-17-47(39-45)51-21-10-15-43-13-3-4-18-50(43)51)58-24-7-5-19-54(58)52-22-11-23-56-53(52)36-37-57-55-20-6-8-25-59(55)62-60(56)57/h1-39H/i28D,29D,30D,31D,32D,33D,34D,35D. The number of anilines is 3. The minimum absolute atomic E-state index is 0.0872. The molecule has 62 heavy (non-hydrogen) atoms. The van der Waals surface area contributed by atoms with Crippen molar-refractivity contribution in [3.63, 3.8) is 0 Å². The second-order valence-electron chi connectivity index (χ2n) is 15.4. The number of hydrogen-bond acceptors (Lipinski definition) is 2. The van der Waals surface area contributed by atoms with Crippen LogP contribution in [0.4, 0.5) is 17.1 Å². The number of benzene rings is 11. The van der Waals surface area contributed by atoms with Crippen LogP contribution in [-0.2, 0) is 0 Å². The highest BCUT2D eigenvalue weighted by Crippen LogP contribution is 2.45. The van der Waals surface area contributed by atoms with Crippen molar-refractivity contribution in [2.45, 2.75) is 0 Å². The van der Waals surface area contributed by atoms with E-state index in [4.69, 9.17) is 4.42 Å². The lowest BCUT2D eigenvalue weighted by atomic mass is 9.94. The summed E-state index contributed by atoms with van der Waals surface area (Å²) in [5.74, 6) is 0. The molecule has 0 bridgehead atoms. The second kappa shape index (κ2) is 14.8. The lowest BCUT2D eigenvalue weighted by Crippen LogP contribution is -2.11. The van der Waals surface area contributed by atoms with Crippen molar-refractivity contribution in [2.24, 2.45) is 0 Å². The SMILES string of the molecule is [2H]c1c([2H])c(N(c2ccccc2-c2cccc3c2ccc2c4ccccc4oc32)c2c([2H])c([2H])c(-c3ccc4ccccc4c3)c([2H])c2[2H])c([2H])c([2H])c1-c1cccc(-c2cccc3ccccc23)c1. The summed E-state index contributed by atoms with van der Waals surface area (Å²) < 4.78 is 84.3. The molecule has 12 aromatic rings. The molecule has 0 saturated carbocycles. The van der Waals surface area contributed by atoms with Gasteiger partial charge in [-0.3, -0.25) is 0 Å². The molecule has 1 aromatic heterocycles. The van der Waals surface area contributed by atoms with Gasteiger partial charge in [0.1, 0.15) is 11.2 Å². The summed E-state index contributed by atoms with van der Waals surface area (Å²) in [6, 6.07) is 57.0.